The van der Waals surface area contributed by atoms with Gasteiger partial charge >= 0.3 is 6.01 Å². The van der Waals surface area contributed by atoms with E-state index in [0.29, 0.717) is 63.0 Å². The molecular weight excluding hydrogens is 552 g/mol. The van der Waals surface area contributed by atoms with Crippen molar-refractivity contribution in [3.63, 3.8) is 0 Å². The van der Waals surface area contributed by atoms with Gasteiger partial charge in [0.25, 0.3) is 0 Å². The van der Waals surface area contributed by atoms with Crippen molar-refractivity contribution in [3.8, 4) is 11.8 Å². The van der Waals surface area contributed by atoms with Crippen LogP contribution in [-0.4, -0.2) is 82.2 Å². The number of hydrogen-bond donors (Lipinski definition) is 2. The van der Waals surface area contributed by atoms with E-state index in [2.05, 4.69) is 14.7 Å². The molecule has 4 aliphatic heterocycles. The second-order valence-corrected chi connectivity index (χ2v) is 13.4. The van der Waals surface area contributed by atoms with Crippen molar-refractivity contribution in [3.05, 3.63) is 46.9 Å². The van der Waals surface area contributed by atoms with Gasteiger partial charge in [-0.3, -0.25) is 4.90 Å². The molecular formula is C33H39F2N5O3. The molecule has 228 valence electrons. The fourth-order valence-electron chi connectivity index (χ4n) is 8.68. The Labute approximate surface area is 250 Å². The van der Waals surface area contributed by atoms with Crippen LogP contribution in [0.1, 0.15) is 49.4 Å². The average Bonchev–Trinajstić information content (AvgIpc) is 3.64. The number of rotatable bonds is 6. The zero-order valence-corrected chi connectivity index (χ0v) is 24.6. The lowest BCUT2D eigenvalue weighted by molar-refractivity contribution is -0.00399. The first-order valence-corrected chi connectivity index (χ1v) is 15.9. The Bertz CT molecular complexity index is 1590. The molecule has 5 atom stereocenters. The SMILES string of the molecule is CCc1c(F)ccc2cc(O)cc(N3CCc4c(nc(OCC56CCCN5C[C@H](F)C6)nc4N4CC5CC(O)C5C4)C3)c12. The number of aliphatic hydroxyl groups is 1. The Morgan fingerprint density at radius 1 is 1.12 bits per heavy atom. The number of halogens is 2. The Kier molecular flexibility index (Phi) is 6.45. The highest BCUT2D eigenvalue weighted by atomic mass is 19.1. The summed E-state index contributed by atoms with van der Waals surface area (Å²) in [7, 11) is 0. The number of anilines is 2. The van der Waals surface area contributed by atoms with E-state index < -0.39 is 6.17 Å². The van der Waals surface area contributed by atoms with Crippen LogP contribution in [0.5, 0.6) is 11.8 Å². The predicted octanol–water partition coefficient (Wildman–Crippen LogP) is 4.37. The molecule has 5 aliphatic rings. The number of fused-ring (bicyclic) bond motifs is 4. The molecule has 8 nitrogen and oxygen atoms in total. The smallest absolute Gasteiger partial charge is 0.318 e. The molecule has 10 heteroatoms. The fraction of sp³-hybridized carbons (Fsp3) is 0.576. The maximum absolute atomic E-state index is 14.9. The van der Waals surface area contributed by atoms with Crippen molar-refractivity contribution in [2.45, 2.75) is 69.8 Å². The van der Waals surface area contributed by atoms with Crippen LogP contribution >= 0.6 is 0 Å². The van der Waals surface area contributed by atoms with E-state index >= 15 is 0 Å². The molecule has 0 spiro atoms. The number of alkyl halides is 1. The number of hydrogen-bond acceptors (Lipinski definition) is 8. The van der Waals surface area contributed by atoms with E-state index in [1.54, 1.807) is 18.2 Å². The van der Waals surface area contributed by atoms with Gasteiger partial charge in [-0.15, -0.1) is 0 Å². The van der Waals surface area contributed by atoms with Crippen LogP contribution in [0.2, 0.25) is 0 Å². The predicted molar refractivity (Wildman–Crippen MR) is 160 cm³/mol. The van der Waals surface area contributed by atoms with E-state index in [0.717, 1.165) is 72.4 Å². The number of aryl methyl sites for hydroxylation is 1. The maximum atomic E-state index is 14.9. The van der Waals surface area contributed by atoms with Crippen LogP contribution in [0.15, 0.2) is 24.3 Å². The summed E-state index contributed by atoms with van der Waals surface area (Å²) < 4.78 is 35.7. The molecule has 3 aromatic rings. The Balaban J connectivity index is 1.16. The number of aliphatic hydroxyl groups excluding tert-OH is 1. The minimum atomic E-state index is -0.834. The molecule has 8 rings (SSSR count). The molecule has 5 heterocycles. The van der Waals surface area contributed by atoms with E-state index in [9.17, 15) is 19.0 Å². The molecule has 2 N–H and O–H groups in total. The average molecular weight is 592 g/mol. The highest BCUT2D eigenvalue weighted by molar-refractivity contribution is 5.98. The first kappa shape index (κ1) is 27.3. The van der Waals surface area contributed by atoms with Crippen LogP contribution in [0, 0.1) is 17.7 Å². The largest absolute Gasteiger partial charge is 0.508 e. The normalized spacial score (nSPS) is 30.0. The Morgan fingerprint density at radius 3 is 2.81 bits per heavy atom. The molecule has 43 heavy (non-hydrogen) atoms. The molecule has 0 bridgehead atoms. The molecule has 1 saturated carbocycles. The lowest BCUT2D eigenvalue weighted by Gasteiger charge is -2.34. The van der Waals surface area contributed by atoms with Crippen LogP contribution in [-0.2, 0) is 19.4 Å². The lowest BCUT2D eigenvalue weighted by Crippen LogP contribution is -2.43. The van der Waals surface area contributed by atoms with Gasteiger partial charge in [-0.25, -0.2) is 8.78 Å². The summed E-state index contributed by atoms with van der Waals surface area (Å²) >= 11 is 0. The van der Waals surface area contributed by atoms with Gasteiger partial charge in [-0.05, 0) is 67.6 Å². The van der Waals surface area contributed by atoms with Crippen LogP contribution in [0.3, 0.4) is 0 Å². The van der Waals surface area contributed by atoms with Gasteiger partial charge < -0.3 is 24.7 Å². The molecule has 2 aromatic carbocycles. The Hall–Kier alpha value is -3.24. The van der Waals surface area contributed by atoms with Crippen molar-refractivity contribution in [1.82, 2.24) is 14.9 Å². The fourth-order valence-corrected chi connectivity index (χ4v) is 8.68. The lowest BCUT2D eigenvalue weighted by atomic mass is 9.74. The first-order valence-electron chi connectivity index (χ1n) is 15.9. The van der Waals surface area contributed by atoms with Gasteiger partial charge in [0.2, 0.25) is 0 Å². The van der Waals surface area contributed by atoms with Crippen molar-refractivity contribution in [2.24, 2.45) is 11.8 Å². The minimum absolute atomic E-state index is 0.142. The summed E-state index contributed by atoms with van der Waals surface area (Å²) in [6.45, 7) is 6.41. The number of ether oxygens (including phenoxy) is 1. The second kappa shape index (κ2) is 10.2. The second-order valence-electron chi connectivity index (χ2n) is 13.4. The number of benzene rings is 2. The topological polar surface area (TPSA) is 85.2 Å². The maximum Gasteiger partial charge on any atom is 0.318 e. The summed E-state index contributed by atoms with van der Waals surface area (Å²) in [6, 6.07) is 6.92. The van der Waals surface area contributed by atoms with Gasteiger partial charge in [0.05, 0.1) is 23.9 Å². The van der Waals surface area contributed by atoms with Crippen molar-refractivity contribution >= 4 is 22.3 Å². The highest BCUT2D eigenvalue weighted by Gasteiger charge is 2.50. The van der Waals surface area contributed by atoms with Gasteiger partial charge in [0.1, 0.15) is 30.2 Å². The van der Waals surface area contributed by atoms with Gasteiger partial charge in [-0.1, -0.05) is 13.0 Å². The number of nitrogens with zero attached hydrogens (tertiary/aromatic N) is 5. The first-order chi connectivity index (χ1) is 20.8. The summed E-state index contributed by atoms with van der Waals surface area (Å²) in [5.74, 6) is 1.51. The molecule has 4 unspecified atom stereocenters. The van der Waals surface area contributed by atoms with Crippen LogP contribution in [0.25, 0.3) is 10.8 Å². The Morgan fingerprint density at radius 2 is 2.00 bits per heavy atom. The number of aromatic nitrogens is 2. The monoisotopic (exact) mass is 591 g/mol. The molecule has 3 saturated heterocycles. The quantitative estimate of drug-likeness (QED) is 0.437. The third-order valence-electron chi connectivity index (χ3n) is 10.9. The van der Waals surface area contributed by atoms with Crippen LogP contribution < -0.4 is 14.5 Å². The van der Waals surface area contributed by atoms with E-state index in [-0.39, 0.29) is 29.1 Å². The highest BCUT2D eigenvalue weighted by Crippen LogP contribution is 2.45. The number of phenols is 1. The van der Waals surface area contributed by atoms with Crippen molar-refractivity contribution in [2.75, 3.05) is 49.1 Å². The van der Waals surface area contributed by atoms with Gasteiger partial charge in [-0.2, -0.15) is 9.97 Å². The summed E-state index contributed by atoms with van der Waals surface area (Å²) in [5, 5.41) is 22.6. The van der Waals surface area contributed by atoms with Crippen LogP contribution in [0.4, 0.5) is 20.3 Å². The number of aromatic hydroxyl groups is 1. The molecule has 1 aliphatic carbocycles. The van der Waals surface area contributed by atoms with Gasteiger partial charge in [0, 0.05) is 61.2 Å². The summed E-state index contributed by atoms with van der Waals surface area (Å²) in [5.41, 5.74) is 3.06. The van der Waals surface area contributed by atoms with Crippen molar-refractivity contribution in [1.29, 1.82) is 0 Å². The van der Waals surface area contributed by atoms with E-state index in [4.69, 9.17) is 14.7 Å². The van der Waals surface area contributed by atoms with Gasteiger partial charge in [0.15, 0.2) is 0 Å². The molecule has 0 radical (unpaired) electrons. The zero-order chi connectivity index (χ0) is 29.5. The summed E-state index contributed by atoms with van der Waals surface area (Å²) in [4.78, 5) is 16.6. The minimum Gasteiger partial charge on any atom is -0.508 e. The zero-order valence-electron chi connectivity index (χ0n) is 24.6. The molecule has 0 amide bonds. The standard InChI is InChI=1S/C33H39F2N5O3/c1-2-23-26(35)5-4-19-10-22(41)12-28(30(19)23)38-9-6-24-27(17-38)36-32(37-31(24)39-14-20-11-29(42)25(20)16-39)43-18-33-7-3-8-40(33)15-21(34)13-33/h4-5,10,12,20-21,25,29,41-42H,2-3,6-9,11,13-18H2,1H3/t20?,21-,25?,29?,33?/m1/s1. The number of phenolic OH excluding ortho intramolecular Hbond substituents is 1. The summed E-state index contributed by atoms with van der Waals surface area (Å²) in [6.07, 6.45) is 3.40. The third-order valence-corrected chi connectivity index (χ3v) is 10.9. The third kappa shape index (κ3) is 4.43. The van der Waals surface area contributed by atoms with Crippen molar-refractivity contribution < 1.29 is 23.7 Å². The van der Waals surface area contributed by atoms with E-state index in [1.807, 2.05) is 6.92 Å². The molecule has 1 aromatic heterocycles. The molecule has 4 fully saturated rings. The van der Waals surface area contributed by atoms with E-state index in [1.165, 1.54) is 6.07 Å².